The molecule has 1 aliphatic carbocycles. The topological polar surface area (TPSA) is 86.8 Å². The van der Waals surface area contributed by atoms with Crippen molar-refractivity contribution < 1.29 is 18.0 Å². The van der Waals surface area contributed by atoms with Gasteiger partial charge in [0, 0.05) is 12.6 Å². The van der Waals surface area contributed by atoms with Gasteiger partial charge in [-0.05, 0) is 62.8 Å². The van der Waals surface area contributed by atoms with Crippen molar-refractivity contribution in [2.45, 2.75) is 72.0 Å². The van der Waals surface area contributed by atoms with Crippen LogP contribution in [0.4, 0.5) is 5.69 Å². The van der Waals surface area contributed by atoms with Crippen LogP contribution >= 0.6 is 0 Å². The average molecular weight is 500 g/mol. The third-order valence-electron chi connectivity index (χ3n) is 6.84. The first kappa shape index (κ1) is 26.7. The van der Waals surface area contributed by atoms with Crippen molar-refractivity contribution in [1.82, 2.24) is 10.2 Å². The van der Waals surface area contributed by atoms with Gasteiger partial charge < -0.3 is 10.2 Å². The number of amides is 2. The van der Waals surface area contributed by atoms with E-state index in [1.165, 1.54) is 4.90 Å². The van der Waals surface area contributed by atoms with E-state index in [4.69, 9.17) is 0 Å². The van der Waals surface area contributed by atoms with Gasteiger partial charge in [0.25, 0.3) is 0 Å². The number of rotatable bonds is 9. The van der Waals surface area contributed by atoms with Crippen molar-refractivity contribution in [1.29, 1.82) is 0 Å². The normalized spacial score (nSPS) is 15.0. The van der Waals surface area contributed by atoms with Crippen LogP contribution in [0.25, 0.3) is 0 Å². The molecule has 1 fully saturated rings. The van der Waals surface area contributed by atoms with Gasteiger partial charge >= 0.3 is 0 Å². The molecule has 0 heterocycles. The highest BCUT2D eigenvalue weighted by atomic mass is 32.2. The number of nitrogens with zero attached hydrogens (tertiary/aromatic N) is 2. The molecule has 35 heavy (non-hydrogen) atoms. The molecule has 3 rings (SSSR count). The fraction of sp³-hybridized carbons (Fsp3) is 0.481. The molecule has 8 heteroatoms. The smallest absolute Gasteiger partial charge is 0.244 e. The molecule has 0 unspecified atom stereocenters. The molecule has 0 aromatic heterocycles. The summed E-state index contributed by atoms with van der Waals surface area (Å²) in [6.45, 7) is 7.17. The van der Waals surface area contributed by atoms with Crippen molar-refractivity contribution >= 4 is 27.5 Å². The number of nitrogens with one attached hydrogen (secondary N) is 1. The summed E-state index contributed by atoms with van der Waals surface area (Å²) in [5.41, 5.74) is 3.95. The first-order chi connectivity index (χ1) is 16.5. The van der Waals surface area contributed by atoms with Crippen LogP contribution < -0.4 is 9.62 Å². The summed E-state index contributed by atoms with van der Waals surface area (Å²) in [5.74, 6) is -0.632. The minimum atomic E-state index is -3.75. The second-order valence-corrected chi connectivity index (χ2v) is 11.5. The zero-order valence-corrected chi connectivity index (χ0v) is 22.2. The Morgan fingerprint density at radius 2 is 1.54 bits per heavy atom. The summed E-state index contributed by atoms with van der Waals surface area (Å²) in [7, 11) is -3.75. The van der Waals surface area contributed by atoms with E-state index in [-0.39, 0.29) is 25.0 Å². The van der Waals surface area contributed by atoms with E-state index >= 15 is 0 Å². The molecular weight excluding hydrogens is 462 g/mol. The van der Waals surface area contributed by atoms with Crippen LogP contribution in [0, 0.1) is 20.8 Å². The Labute approximate surface area is 209 Å². The van der Waals surface area contributed by atoms with Crippen LogP contribution in [0.3, 0.4) is 0 Å². The highest BCUT2D eigenvalue weighted by Gasteiger charge is 2.32. The summed E-state index contributed by atoms with van der Waals surface area (Å²) in [6.07, 6.45) is 5.17. The maximum Gasteiger partial charge on any atom is 0.244 e. The zero-order chi connectivity index (χ0) is 25.8. The Morgan fingerprint density at radius 3 is 2.11 bits per heavy atom. The molecule has 2 aromatic rings. The van der Waals surface area contributed by atoms with Gasteiger partial charge in [-0.1, -0.05) is 55.3 Å². The van der Waals surface area contributed by atoms with Crippen LogP contribution in [-0.2, 0) is 26.2 Å². The molecule has 0 bridgehead atoms. The summed E-state index contributed by atoms with van der Waals surface area (Å²) in [6, 6.07) is 12.6. The SMILES string of the molecule is Cc1ccccc1CN(C(=O)CN(c1c(C)cccc1C)S(C)(=O)=O)[C@@H](C)C(=O)NC1CCCC1. The molecule has 1 atom stereocenters. The highest BCUT2D eigenvalue weighted by Crippen LogP contribution is 2.27. The lowest BCUT2D eigenvalue weighted by Gasteiger charge is -2.33. The van der Waals surface area contributed by atoms with E-state index < -0.39 is 22.0 Å². The fourth-order valence-electron chi connectivity index (χ4n) is 4.72. The van der Waals surface area contributed by atoms with Gasteiger partial charge in [0.1, 0.15) is 12.6 Å². The highest BCUT2D eigenvalue weighted by molar-refractivity contribution is 7.92. The monoisotopic (exact) mass is 499 g/mol. The number of hydrogen-bond donors (Lipinski definition) is 1. The average Bonchev–Trinajstić information content (AvgIpc) is 3.29. The Balaban J connectivity index is 1.93. The number of benzene rings is 2. The Kier molecular flexibility index (Phi) is 8.59. The van der Waals surface area contributed by atoms with E-state index in [1.807, 2.05) is 63.2 Å². The fourth-order valence-corrected chi connectivity index (χ4v) is 5.69. The summed E-state index contributed by atoms with van der Waals surface area (Å²) in [4.78, 5) is 28.4. The van der Waals surface area contributed by atoms with E-state index in [0.29, 0.717) is 5.69 Å². The van der Waals surface area contributed by atoms with Gasteiger partial charge in [0.15, 0.2) is 0 Å². The van der Waals surface area contributed by atoms with Crippen molar-refractivity contribution in [2.24, 2.45) is 0 Å². The van der Waals surface area contributed by atoms with Crippen molar-refractivity contribution in [3.05, 3.63) is 64.7 Å². The molecule has 0 saturated heterocycles. The largest absolute Gasteiger partial charge is 0.352 e. The second-order valence-electron chi connectivity index (χ2n) is 9.62. The van der Waals surface area contributed by atoms with Crippen LogP contribution in [0.2, 0.25) is 0 Å². The van der Waals surface area contributed by atoms with Crippen LogP contribution in [0.5, 0.6) is 0 Å². The van der Waals surface area contributed by atoms with E-state index in [9.17, 15) is 18.0 Å². The number of para-hydroxylation sites is 1. The van der Waals surface area contributed by atoms with E-state index in [2.05, 4.69) is 5.32 Å². The first-order valence-corrected chi connectivity index (χ1v) is 14.0. The lowest BCUT2D eigenvalue weighted by Crippen LogP contribution is -2.52. The number of anilines is 1. The third-order valence-corrected chi connectivity index (χ3v) is 7.95. The molecule has 190 valence electrons. The molecular formula is C27H37N3O4S. The molecule has 1 N–H and O–H groups in total. The Bertz CT molecular complexity index is 1150. The number of hydrogen-bond acceptors (Lipinski definition) is 4. The maximum absolute atomic E-state index is 13.7. The molecule has 2 amide bonds. The minimum Gasteiger partial charge on any atom is -0.352 e. The minimum absolute atomic E-state index is 0.127. The van der Waals surface area contributed by atoms with Gasteiger partial charge in [-0.15, -0.1) is 0 Å². The van der Waals surface area contributed by atoms with Gasteiger partial charge in [0.2, 0.25) is 21.8 Å². The lowest BCUT2D eigenvalue weighted by molar-refractivity contribution is -0.139. The molecule has 7 nitrogen and oxygen atoms in total. The van der Waals surface area contributed by atoms with Crippen LogP contribution in [0.1, 0.15) is 54.9 Å². The summed E-state index contributed by atoms with van der Waals surface area (Å²) in [5, 5.41) is 3.08. The Hall–Kier alpha value is -2.87. The van der Waals surface area contributed by atoms with E-state index in [0.717, 1.165) is 58.5 Å². The van der Waals surface area contributed by atoms with Gasteiger partial charge in [-0.25, -0.2) is 8.42 Å². The van der Waals surface area contributed by atoms with Crippen molar-refractivity contribution in [3.8, 4) is 0 Å². The second kappa shape index (κ2) is 11.2. The number of carbonyl (C=O) groups excluding carboxylic acids is 2. The van der Waals surface area contributed by atoms with E-state index in [1.54, 1.807) is 6.92 Å². The molecule has 1 saturated carbocycles. The van der Waals surface area contributed by atoms with Crippen molar-refractivity contribution in [3.63, 3.8) is 0 Å². The number of carbonyl (C=O) groups is 2. The molecule has 1 aliphatic rings. The Morgan fingerprint density at radius 1 is 0.971 bits per heavy atom. The third kappa shape index (κ3) is 6.63. The molecule has 2 aromatic carbocycles. The first-order valence-electron chi connectivity index (χ1n) is 12.2. The number of aryl methyl sites for hydroxylation is 3. The van der Waals surface area contributed by atoms with Crippen molar-refractivity contribution in [2.75, 3.05) is 17.1 Å². The maximum atomic E-state index is 13.7. The standard InChI is InChI=1S/C27H37N3O4S/c1-19-11-6-7-14-23(19)17-29(22(4)27(32)28-24-15-8-9-16-24)25(31)18-30(35(5,33)34)26-20(2)12-10-13-21(26)3/h6-7,10-14,22,24H,8-9,15-18H2,1-5H3,(H,28,32)/t22-/m0/s1. The van der Waals surface area contributed by atoms with Crippen LogP contribution in [0.15, 0.2) is 42.5 Å². The zero-order valence-electron chi connectivity index (χ0n) is 21.4. The summed E-state index contributed by atoms with van der Waals surface area (Å²) >= 11 is 0. The molecule has 0 aliphatic heterocycles. The molecule has 0 radical (unpaired) electrons. The van der Waals surface area contributed by atoms with Crippen LogP contribution in [-0.4, -0.2) is 50.0 Å². The summed E-state index contributed by atoms with van der Waals surface area (Å²) < 4.78 is 26.8. The number of sulfonamides is 1. The predicted molar refractivity (Wildman–Crippen MR) is 140 cm³/mol. The quantitative estimate of drug-likeness (QED) is 0.568. The van der Waals surface area contributed by atoms with Gasteiger partial charge in [0.05, 0.1) is 11.9 Å². The molecule has 0 spiro atoms. The predicted octanol–water partition coefficient (Wildman–Crippen LogP) is 3.85. The van der Waals surface area contributed by atoms with Gasteiger partial charge in [-0.2, -0.15) is 0 Å². The lowest BCUT2D eigenvalue weighted by atomic mass is 10.1. The van der Waals surface area contributed by atoms with Gasteiger partial charge in [-0.3, -0.25) is 13.9 Å².